The van der Waals surface area contributed by atoms with E-state index in [2.05, 4.69) is 47.5 Å². The average molecular weight is 567 g/mol. The first-order valence-corrected chi connectivity index (χ1v) is 14.3. The molecule has 2 aliphatic heterocycles. The lowest BCUT2D eigenvalue weighted by molar-refractivity contribution is 0.0600. The van der Waals surface area contributed by atoms with Gasteiger partial charge in [-0.05, 0) is 73.0 Å². The van der Waals surface area contributed by atoms with Crippen molar-refractivity contribution in [3.8, 4) is 5.69 Å². The second-order valence-corrected chi connectivity index (χ2v) is 10.5. The highest BCUT2D eigenvalue weighted by atomic mass is 16.5. The highest BCUT2D eigenvalue weighted by Gasteiger charge is 2.41. The van der Waals surface area contributed by atoms with Crippen LogP contribution in [0.2, 0.25) is 0 Å². The number of nitrogens with zero attached hydrogens (tertiary/aromatic N) is 5. The quantitative estimate of drug-likeness (QED) is 0.225. The first-order chi connectivity index (χ1) is 21.1. The summed E-state index contributed by atoms with van der Waals surface area (Å²) in [6.07, 6.45) is 0.969. The first-order valence-electron chi connectivity index (χ1n) is 14.3. The van der Waals surface area contributed by atoms with E-state index in [9.17, 15) is 4.79 Å². The van der Waals surface area contributed by atoms with Crippen LogP contribution in [0.15, 0.2) is 113 Å². The zero-order valence-electron chi connectivity index (χ0n) is 24.2. The summed E-state index contributed by atoms with van der Waals surface area (Å²) in [5, 5.41) is 8.55. The molecule has 5 aromatic rings. The van der Waals surface area contributed by atoms with E-state index in [4.69, 9.17) is 19.8 Å². The Kier molecular flexibility index (Phi) is 6.58. The summed E-state index contributed by atoms with van der Waals surface area (Å²) in [7, 11) is 1.39. The molecule has 0 saturated carbocycles. The molecule has 8 heteroatoms. The molecule has 1 atom stereocenters. The van der Waals surface area contributed by atoms with Gasteiger partial charge in [0.25, 0.3) is 0 Å². The smallest absolute Gasteiger partial charge is 0.337 e. The number of aryl methyl sites for hydroxylation is 2. The maximum absolute atomic E-state index is 12.3. The van der Waals surface area contributed by atoms with Crippen molar-refractivity contribution in [3.63, 3.8) is 0 Å². The SMILES string of the molecule is CCc1ccc(NC2=Nc3ccccc3N3C2=Nc2c(c(C)nn2-c2ccccc2)C3c2ccc(C(=O)OC)cc2)cc1. The summed E-state index contributed by atoms with van der Waals surface area (Å²) >= 11 is 0. The lowest BCUT2D eigenvalue weighted by atomic mass is 9.92. The molecule has 1 aromatic heterocycles. The monoisotopic (exact) mass is 566 g/mol. The first kappa shape index (κ1) is 26.4. The topological polar surface area (TPSA) is 84.1 Å². The summed E-state index contributed by atoms with van der Waals surface area (Å²) in [6, 6.07) is 33.8. The van der Waals surface area contributed by atoms with Crippen LogP contribution < -0.4 is 10.2 Å². The van der Waals surface area contributed by atoms with Gasteiger partial charge in [-0.3, -0.25) is 0 Å². The van der Waals surface area contributed by atoms with Crippen LogP contribution in [0.3, 0.4) is 0 Å². The number of hydrogen-bond donors (Lipinski definition) is 1. The van der Waals surface area contributed by atoms with E-state index in [1.807, 2.05) is 84.4 Å². The van der Waals surface area contributed by atoms with E-state index in [0.717, 1.165) is 51.8 Å². The van der Waals surface area contributed by atoms with Crippen LogP contribution >= 0.6 is 0 Å². The number of carbonyl (C=O) groups excluding carboxylic acids is 1. The van der Waals surface area contributed by atoms with E-state index in [-0.39, 0.29) is 12.0 Å². The van der Waals surface area contributed by atoms with Gasteiger partial charge in [0.2, 0.25) is 0 Å². The Morgan fingerprint density at radius 3 is 2.33 bits per heavy atom. The molecule has 0 aliphatic carbocycles. The predicted octanol–water partition coefficient (Wildman–Crippen LogP) is 7.33. The van der Waals surface area contributed by atoms with Crippen LogP contribution in [0.4, 0.5) is 22.9 Å². The molecule has 3 heterocycles. The van der Waals surface area contributed by atoms with Crippen molar-refractivity contribution >= 4 is 40.5 Å². The van der Waals surface area contributed by atoms with Crippen molar-refractivity contribution in [1.29, 1.82) is 0 Å². The number of carbonyl (C=O) groups is 1. The van der Waals surface area contributed by atoms with Crippen molar-refractivity contribution in [2.45, 2.75) is 26.3 Å². The van der Waals surface area contributed by atoms with Crippen LogP contribution in [-0.2, 0) is 11.2 Å². The fraction of sp³-hybridized carbons (Fsp3) is 0.143. The van der Waals surface area contributed by atoms with Crippen LogP contribution in [0.25, 0.3) is 5.69 Å². The number of rotatable bonds is 5. The van der Waals surface area contributed by atoms with Gasteiger partial charge in [-0.25, -0.2) is 19.5 Å². The Hall–Kier alpha value is -5.50. The summed E-state index contributed by atoms with van der Waals surface area (Å²) in [4.78, 5) is 24.9. The average Bonchev–Trinajstić information content (AvgIpc) is 3.40. The molecule has 212 valence electrons. The van der Waals surface area contributed by atoms with Crippen molar-refractivity contribution in [2.24, 2.45) is 9.98 Å². The molecule has 0 saturated heterocycles. The predicted molar refractivity (Wildman–Crippen MR) is 170 cm³/mol. The van der Waals surface area contributed by atoms with E-state index >= 15 is 0 Å². The molecular weight excluding hydrogens is 536 g/mol. The van der Waals surface area contributed by atoms with Gasteiger partial charge in [0.1, 0.15) is 0 Å². The summed E-state index contributed by atoms with van der Waals surface area (Å²) < 4.78 is 6.86. The fourth-order valence-electron chi connectivity index (χ4n) is 5.74. The number of aromatic nitrogens is 2. The van der Waals surface area contributed by atoms with E-state index in [0.29, 0.717) is 17.2 Å². The number of fused-ring (bicyclic) bond motifs is 4. The molecule has 0 fully saturated rings. The zero-order valence-corrected chi connectivity index (χ0v) is 24.2. The molecular formula is C35H30N6O2. The summed E-state index contributed by atoms with van der Waals surface area (Å²) in [5.41, 5.74) is 8.22. The number of para-hydroxylation sites is 3. The Balaban J connectivity index is 1.45. The van der Waals surface area contributed by atoms with E-state index < -0.39 is 0 Å². The molecule has 0 radical (unpaired) electrons. The standard InChI is InChI=1S/C35H30N6O2/c1-4-23-14-20-26(21-15-23)36-32-34-38-33-30(22(2)39-41(33)27-10-6-5-7-11-27)31(24-16-18-25(19-17-24)35(42)43-3)40(34)29-13-9-8-12-28(29)37-32/h5-21,31H,4H2,1-3H3,(H,36,37). The van der Waals surface area contributed by atoms with Gasteiger partial charge in [0.15, 0.2) is 17.5 Å². The highest BCUT2D eigenvalue weighted by Crippen LogP contribution is 2.48. The van der Waals surface area contributed by atoms with Gasteiger partial charge < -0.3 is 15.0 Å². The van der Waals surface area contributed by atoms with Crippen LogP contribution in [0.1, 0.15) is 45.7 Å². The van der Waals surface area contributed by atoms with Crippen LogP contribution in [0.5, 0.6) is 0 Å². The molecule has 4 aromatic carbocycles. The number of benzene rings is 4. The van der Waals surface area contributed by atoms with Gasteiger partial charge in [-0.2, -0.15) is 5.10 Å². The number of methoxy groups -OCH3 is 1. The Morgan fingerprint density at radius 1 is 0.884 bits per heavy atom. The molecule has 0 spiro atoms. The van der Waals surface area contributed by atoms with Gasteiger partial charge in [-0.1, -0.05) is 61.5 Å². The number of aliphatic imine (C=N–C) groups is 2. The Morgan fingerprint density at radius 2 is 1.60 bits per heavy atom. The minimum Gasteiger partial charge on any atom is -0.465 e. The van der Waals surface area contributed by atoms with Crippen molar-refractivity contribution in [3.05, 3.63) is 131 Å². The summed E-state index contributed by atoms with van der Waals surface area (Å²) in [6.45, 7) is 4.17. The maximum atomic E-state index is 12.3. The summed E-state index contributed by atoms with van der Waals surface area (Å²) in [5.74, 6) is 1.70. The minimum atomic E-state index is -0.373. The van der Waals surface area contributed by atoms with Crippen LogP contribution in [0, 0.1) is 6.92 Å². The lowest BCUT2D eigenvalue weighted by Gasteiger charge is -2.40. The van der Waals surface area contributed by atoms with E-state index in [1.54, 1.807) is 0 Å². The fourth-order valence-corrected chi connectivity index (χ4v) is 5.74. The number of anilines is 2. The third kappa shape index (κ3) is 4.57. The second-order valence-electron chi connectivity index (χ2n) is 10.5. The van der Waals surface area contributed by atoms with Crippen molar-refractivity contribution in [1.82, 2.24) is 9.78 Å². The molecule has 8 nitrogen and oxygen atoms in total. The lowest BCUT2D eigenvalue weighted by Crippen LogP contribution is -2.46. The van der Waals surface area contributed by atoms with Gasteiger partial charge in [-0.15, -0.1) is 0 Å². The van der Waals surface area contributed by atoms with Gasteiger partial charge >= 0.3 is 5.97 Å². The number of hydrogen-bond acceptors (Lipinski definition) is 7. The molecule has 1 N–H and O–H groups in total. The van der Waals surface area contributed by atoms with Crippen molar-refractivity contribution < 1.29 is 9.53 Å². The molecule has 2 aliphatic rings. The maximum Gasteiger partial charge on any atom is 0.337 e. The second kappa shape index (κ2) is 10.7. The van der Waals surface area contributed by atoms with Crippen molar-refractivity contribution in [2.75, 3.05) is 17.3 Å². The number of ether oxygens (including phenoxy) is 1. The normalized spacial score (nSPS) is 15.0. The number of nitrogens with one attached hydrogen (secondary N) is 1. The largest absolute Gasteiger partial charge is 0.465 e. The Labute approximate surface area is 250 Å². The third-order valence-electron chi connectivity index (χ3n) is 7.91. The zero-order chi connectivity index (χ0) is 29.5. The minimum absolute atomic E-state index is 0.289. The molecule has 7 rings (SSSR count). The van der Waals surface area contributed by atoms with E-state index in [1.165, 1.54) is 12.7 Å². The molecule has 0 bridgehead atoms. The molecule has 43 heavy (non-hydrogen) atoms. The van der Waals surface area contributed by atoms with Crippen LogP contribution in [-0.4, -0.2) is 34.5 Å². The third-order valence-corrected chi connectivity index (χ3v) is 7.91. The van der Waals surface area contributed by atoms with Gasteiger partial charge in [0, 0.05) is 11.3 Å². The molecule has 0 amide bonds. The number of esters is 1. The number of amidine groups is 2. The highest BCUT2D eigenvalue weighted by molar-refractivity contribution is 6.51. The Bertz CT molecular complexity index is 1890. The molecule has 1 unspecified atom stereocenters. The van der Waals surface area contributed by atoms with Gasteiger partial charge in [0.05, 0.1) is 41.5 Å².